The number of aliphatic carboxylic acids is 1. The standard InChI is InChI=1S/C20H18N4OS.C2HF3O2/c1-12-10-16-17(11-13(12)2)26-20(22-16)23-19(25)15-7-5-4-6-14(15)18-21-8-9-24(18)3;3-2(4,5)1(6)7/h4-11H,1-3H3,(H,22,23,25);(H,6,7). The largest absolute Gasteiger partial charge is 0.490 e. The molecule has 1 amide bonds. The Balaban J connectivity index is 0.000000383. The van der Waals surface area contributed by atoms with Gasteiger partial charge in [0.2, 0.25) is 0 Å². The molecule has 0 aliphatic carbocycles. The molecule has 2 N–H and O–H groups in total. The number of carbonyl (C=O) groups excluding carboxylic acids is 1. The van der Waals surface area contributed by atoms with Crippen LogP contribution in [0.5, 0.6) is 0 Å². The van der Waals surface area contributed by atoms with Crippen LogP contribution in [0.15, 0.2) is 48.8 Å². The molecule has 172 valence electrons. The van der Waals surface area contributed by atoms with Gasteiger partial charge >= 0.3 is 12.1 Å². The third kappa shape index (κ3) is 5.55. The fourth-order valence-electron chi connectivity index (χ4n) is 2.90. The lowest BCUT2D eigenvalue weighted by atomic mass is 10.1. The number of anilines is 1. The minimum atomic E-state index is -5.08. The van der Waals surface area contributed by atoms with Gasteiger partial charge in [-0.1, -0.05) is 29.5 Å². The monoisotopic (exact) mass is 476 g/mol. The summed E-state index contributed by atoms with van der Waals surface area (Å²) in [4.78, 5) is 30.7. The Labute approximate surface area is 190 Å². The maximum Gasteiger partial charge on any atom is 0.490 e. The number of halogens is 3. The van der Waals surface area contributed by atoms with Gasteiger partial charge in [0.15, 0.2) is 5.13 Å². The maximum atomic E-state index is 12.9. The number of rotatable bonds is 3. The van der Waals surface area contributed by atoms with Crippen LogP contribution >= 0.6 is 11.3 Å². The highest BCUT2D eigenvalue weighted by molar-refractivity contribution is 7.22. The van der Waals surface area contributed by atoms with Crippen LogP contribution in [-0.4, -0.2) is 37.7 Å². The van der Waals surface area contributed by atoms with Gasteiger partial charge in [0.05, 0.1) is 15.8 Å². The lowest BCUT2D eigenvalue weighted by molar-refractivity contribution is -0.192. The first-order valence-electron chi connectivity index (χ1n) is 9.53. The molecule has 0 aliphatic heterocycles. The number of imidazole rings is 1. The van der Waals surface area contributed by atoms with Crippen LogP contribution in [0.3, 0.4) is 0 Å². The van der Waals surface area contributed by atoms with Gasteiger partial charge in [-0.25, -0.2) is 14.8 Å². The van der Waals surface area contributed by atoms with E-state index in [0.29, 0.717) is 10.7 Å². The molecule has 2 aromatic carbocycles. The molecule has 2 heterocycles. The molecule has 0 fully saturated rings. The Kier molecular flexibility index (Phi) is 6.82. The summed E-state index contributed by atoms with van der Waals surface area (Å²) in [7, 11) is 1.91. The normalized spacial score (nSPS) is 11.1. The van der Waals surface area contributed by atoms with Crippen molar-refractivity contribution in [2.24, 2.45) is 7.05 Å². The summed E-state index contributed by atoms with van der Waals surface area (Å²) in [6, 6.07) is 11.6. The highest BCUT2D eigenvalue weighted by atomic mass is 32.1. The molecule has 7 nitrogen and oxygen atoms in total. The van der Waals surface area contributed by atoms with E-state index in [4.69, 9.17) is 9.90 Å². The van der Waals surface area contributed by atoms with Gasteiger partial charge in [-0.05, 0) is 43.2 Å². The van der Waals surface area contributed by atoms with E-state index in [1.54, 1.807) is 12.3 Å². The molecule has 0 radical (unpaired) electrons. The quantitative estimate of drug-likeness (QED) is 0.424. The van der Waals surface area contributed by atoms with Crippen LogP contribution in [-0.2, 0) is 11.8 Å². The number of thiazole rings is 1. The third-order valence-electron chi connectivity index (χ3n) is 4.70. The van der Waals surface area contributed by atoms with Crippen molar-refractivity contribution in [1.29, 1.82) is 0 Å². The molecule has 0 aliphatic rings. The molecule has 11 heteroatoms. The topological polar surface area (TPSA) is 97.1 Å². The summed E-state index contributed by atoms with van der Waals surface area (Å²) in [6.07, 6.45) is -1.50. The second kappa shape index (κ2) is 9.41. The van der Waals surface area contributed by atoms with Gasteiger partial charge in [-0.15, -0.1) is 0 Å². The van der Waals surface area contributed by atoms with E-state index < -0.39 is 12.1 Å². The number of fused-ring (bicyclic) bond motifs is 1. The van der Waals surface area contributed by atoms with Gasteiger partial charge in [-0.2, -0.15) is 13.2 Å². The molecule has 0 saturated carbocycles. The fourth-order valence-corrected chi connectivity index (χ4v) is 3.84. The lowest BCUT2D eigenvalue weighted by Crippen LogP contribution is -2.21. The fraction of sp³-hybridized carbons (Fsp3) is 0.182. The van der Waals surface area contributed by atoms with Gasteiger partial charge in [0.25, 0.3) is 5.91 Å². The van der Waals surface area contributed by atoms with E-state index in [9.17, 15) is 18.0 Å². The summed E-state index contributed by atoms with van der Waals surface area (Å²) in [5.74, 6) is -2.19. The minimum Gasteiger partial charge on any atom is -0.475 e. The average molecular weight is 476 g/mol. The van der Waals surface area contributed by atoms with Crippen LogP contribution in [0, 0.1) is 13.8 Å². The number of aryl methyl sites for hydroxylation is 3. The summed E-state index contributed by atoms with van der Waals surface area (Å²) in [6.45, 7) is 4.14. The second-order valence-electron chi connectivity index (χ2n) is 7.09. The van der Waals surface area contributed by atoms with Crippen molar-refractivity contribution in [2.45, 2.75) is 20.0 Å². The summed E-state index contributed by atoms with van der Waals surface area (Å²) >= 11 is 1.49. The zero-order valence-electron chi connectivity index (χ0n) is 17.8. The van der Waals surface area contributed by atoms with Crippen molar-refractivity contribution >= 4 is 38.6 Å². The first-order valence-corrected chi connectivity index (χ1v) is 10.3. The molecule has 4 rings (SSSR count). The van der Waals surface area contributed by atoms with Crippen LogP contribution in [0.1, 0.15) is 21.5 Å². The van der Waals surface area contributed by atoms with Crippen molar-refractivity contribution in [3.8, 4) is 11.4 Å². The number of aromatic nitrogens is 3. The first-order chi connectivity index (χ1) is 15.5. The number of nitrogens with one attached hydrogen (secondary N) is 1. The molecule has 33 heavy (non-hydrogen) atoms. The van der Waals surface area contributed by atoms with Crippen LogP contribution in [0.2, 0.25) is 0 Å². The number of carboxylic acid groups (broad SMARTS) is 1. The summed E-state index contributed by atoms with van der Waals surface area (Å²) in [5, 5.41) is 10.7. The Morgan fingerprint density at radius 1 is 1.12 bits per heavy atom. The molecule has 4 aromatic rings. The van der Waals surface area contributed by atoms with E-state index in [0.717, 1.165) is 21.6 Å². The van der Waals surface area contributed by atoms with Crippen molar-refractivity contribution in [3.63, 3.8) is 0 Å². The van der Waals surface area contributed by atoms with Crippen LogP contribution in [0.4, 0.5) is 18.3 Å². The number of nitrogens with zero attached hydrogens (tertiary/aromatic N) is 3. The maximum absolute atomic E-state index is 12.9. The smallest absolute Gasteiger partial charge is 0.475 e. The molecule has 0 atom stereocenters. The zero-order valence-corrected chi connectivity index (χ0v) is 18.6. The van der Waals surface area contributed by atoms with Gasteiger partial charge in [0, 0.05) is 25.0 Å². The number of alkyl halides is 3. The Hall–Kier alpha value is -3.73. The van der Waals surface area contributed by atoms with Crippen LogP contribution in [0.25, 0.3) is 21.6 Å². The number of hydrogen-bond donors (Lipinski definition) is 2. The molecular weight excluding hydrogens is 457 g/mol. The zero-order chi connectivity index (χ0) is 24.3. The molecular formula is C22H19F3N4O3S. The lowest BCUT2D eigenvalue weighted by Gasteiger charge is -2.08. The average Bonchev–Trinajstić information content (AvgIpc) is 3.33. The number of hydrogen-bond acceptors (Lipinski definition) is 5. The molecule has 0 unspecified atom stereocenters. The van der Waals surface area contributed by atoms with E-state index in [-0.39, 0.29) is 5.91 Å². The molecule has 0 saturated heterocycles. The predicted molar refractivity (Wildman–Crippen MR) is 119 cm³/mol. The Morgan fingerprint density at radius 2 is 1.76 bits per heavy atom. The number of carboxylic acids is 1. The van der Waals surface area contributed by atoms with Crippen molar-refractivity contribution < 1.29 is 27.9 Å². The van der Waals surface area contributed by atoms with Gasteiger partial charge in [0.1, 0.15) is 5.82 Å². The van der Waals surface area contributed by atoms with Gasteiger partial charge in [-0.3, -0.25) is 10.1 Å². The summed E-state index contributed by atoms with van der Waals surface area (Å²) < 4.78 is 34.7. The number of carbonyl (C=O) groups is 2. The van der Waals surface area contributed by atoms with E-state index in [2.05, 4.69) is 41.3 Å². The van der Waals surface area contributed by atoms with Crippen LogP contribution < -0.4 is 5.32 Å². The van der Waals surface area contributed by atoms with Crippen molar-refractivity contribution in [3.05, 3.63) is 65.5 Å². The van der Waals surface area contributed by atoms with Gasteiger partial charge < -0.3 is 9.67 Å². The van der Waals surface area contributed by atoms with E-state index >= 15 is 0 Å². The molecule has 0 spiro atoms. The summed E-state index contributed by atoms with van der Waals surface area (Å²) in [5.41, 5.74) is 4.70. The van der Waals surface area contributed by atoms with E-state index in [1.807, 2.05) is 36.0 Å². The SMILES string of the molecule is Cc1cc2nc(NC(=O)c3ccccc3-c3nccn3C)sc2cc1C.O=C(O)C(F)(F)F. The second-order valence-corrected chi connectivity index (χ2v) is 8.12. The Morgan fingerprint density at radius 3 is 2.36 bits per heavy atom. The van der Waals surface area contributed by atoms with E-state index in [1.165, 1.54) is 22.5 Å². The first kappa shape index (κ1) is 23.9. The molecule has 2 aromatic heterocycles. The molecule has 0 bridgehead atoms. The number of benzene rings is 2. The highest BCUT2D eigenvalue weighted by Gasteiger charge is 2.38. The Bertz CT molecular complexity index is 1290. The van der Waals surface area contributed by atoms with Crippen molar-refractivity contribution in [2.75, 3.05) is 5.32 Å². The minimum absolute atomic E-state index is 0.184. The predicted octanol–water partition coefficient (Wildman–Crippen LogP) is 5.20. The highest BCUT2D eigenvalue weighted by Crippen LogP contribution is 2.29. The van der Waals surface area contributed by atoms with Crippen molar-refractivity contribution in [1.82, 2.24) is 14.5 Å². The number of amides is 1. The third-order valence-corrected chi connectivity index (χ3v) is 5.63.